The van der Waals surface area contributed by atoms with Gasteiger partial charge in [-0.3, -0.25) is 14.2 Å². The Labute approximate surface area is 158 Å². The van der Waals surface area contributed by atoms with Gasteiger partial charge in [0.15, 0.2) is 5.16 Å². The van der Waals surface area contributed by atoms with Gasteiger partial charge in [0.1, 0.15) is 0 Å². The minimum atomic E-state index is -0.0378. The Morgan fingerprint density at radius 1 is 1.31 bits per heavy atom. The van der Waals surface area contributed by atoms with Crippen LogP contribution in [-0.2, 0) is 4.79 Å². The average molecular weight is 374 g/mol. The second-order valence-corrected chi connectivity index (χ2v) is 8.31. The lowest BCUT2D eigenvalue weighted by Crippen LogP contribution is -2.35. The minimum Gasteiger partial charge on any atom is -0.356 e. The van der Waals surface area contributed by atoms with Crippen LogP contribution in [0.25, 0.3) is 10.9 Å². The fraction of sp³-hybridized carbons (Fsp3) is 0.550. The Balaban J connectivity index is 2.00. The fourth-order valence-corrected chi connectivity index (χ4v) is 4.71. The van der Waals surface area contributed by atoms with Gasteiger partial charge in [0, 0.05) is 25.3 Å². The van der Waals surface area contributed by atoms with Gasteiger partial charge in [-0.15, -0.1) is 0 Å². The first kappa shape index (κ1) is 19.0. The molecule has 1 N–H and O–H groups in total. The molecule has 5 nitrogen and oxygen atoms in total. The number of aromatic nitrogens is 2. The Morgan fingerprint density at radius 2 is 2.08 bits per heavy atom. The zero-order valence-corrected chi connectivity index (χ0v) is 16.5. The van der Waals surface area contributed by atoms with Crippen molar-refractivity contribution < 1.29 is 4.79 Å². The number of hydrogen-bond acceptors (Lipinski definition) is 4. The Morgan fingerprint density at radius 3 is 2.85 bits per heavy atom. The van der Waals surface area contributed by atoms with Crippen LogP contribution in [0.1, 0.15) is 46.1 Å². The molecule has 3 rings (SSSR count). The summed E-state index contributed by atoms with van der Waals surface area (Å²) in [5.74, 6) is 1.70. The predicted molar refractivity (Wildman–Crippen MR) is 107 cm³/mol. The Kier molecular flexibility index (Phi) is 6.01. The summed E-state index contributed by atoms with van der Waals surface area (Å²) in [6.45, 7) is 6.61. The monoisotopic (exact) mass is 373 g/mol. The van der Waals surface area contributed by atoms with E-state index < -0.39 is 0 Å². The fourth-order valence-electron chi connectivity index (χ4n) is 3.81. The van der Waals surface area contributed by atoms with Gasteiger partial charge in [0.2, 0.25) is 5.91 Å². The first-order valence-corrected chi connectivity index (χ1v) is 10.4. The molecule has 0 bridgehead atoms. The Hall–Kier alpha value is -1.82. The standard InChI is InChI=1S/C20H27N3O2S/c1-13-7-6-10-18(14(13)2)23-19(25)16-8-4-5-9-17(16)22-20(23)26-12-11-21-15(3)24/h4-5,8-9,13-14,18H,6-7,10-12H2,1-3H3,(H,21,24)/t13-,14+,18-/m0/s1. The highest BCUT2D eigenvalue weighted by molar-refractivity contribution is 7.99. The number of thioether (sulfide) groups is 1. The van der Waals surface area contributed by atoms with Gasteiger partial charge in [-0.2, -0.15) is 0 Å². The maximum Gasteiger partial charge on any atom is 0.262 e. The van der Waals surface area contributed by atoms with Crippen LogP contribution in [-0.4, -0.2) is 27.8 Å². The van der Waals surface area contributed by atoms with Crippen LogP contribution < -0.4 is 10.9 Å². The van der Waals surface area contributed by atoms with Crippen molar-refractivity contribution in [2.24, 2.45) is 11.8 Å². The molecule has 1 heterocycles. The van der Waals surface area contributed by atoms with Crippen LogP contribution in [0.3, 0.4) is 0 Å². The van der Waals surface area contributed by atoms with Crippen LogP contribution in [0.2, 0.25) is 0 Å². The van der Waals surface area contributed by atoms with Crippen LogP contribution in [0.4, 0.5) is 0 Å². The molecule has 0 radical (unpaired) electrons. The maximum absolute atomic E-state index is 13.3. The van der Waals surface area contributed by atoms with E-state index >= 15 is 0 Å². The summed E-state index contributed by atoms with van der Waals surface area (Å²) in [5.41, 5.74) is 0.802. The number of benzene rings is 1. The zero-order chi connectivity index (χ0) is 18.7. The van der Waals surface area contributed by atoms with Crippen LogP contribution >= 0.6 is 11.8 Å². The molecular weight excluding hydrogens is 346 g/mol. The Bertz CT molecular complexity index is 849. The molecule has 6 heteroatoms. The molecule has 140 valence electrons. The lowest BCUT2D eigenvalue weighted by Gasteiger charge is -2.36. The molecule has 0 unspecified atom stereocenters. The lowest BCUT2D eigenvalue weighted by atomic mass is 9.78. The molecule has 2 aromatic rings. The van der Waals surface area contributed by atoms with Gasteiger partial charge in [0.25, 0.3) is 5.56 Å². The summed E-state index contributed by atoms with van der Waals surface area (Å²) in [6, 6.07) is 7.75. The van der Waals surface area contributed by atoms with Crippen molar-refractivity contribution in [3.8, 4) is 0 Å². The van der Waals surface area contributed by atoms with Crippen molar-refractivity contribution in [3.63, 3.8) is 0 Å². The van der Waals surface area contributed by atoms with E-state index in [1.807, 2.05) is 28.8 Å². The molecule has 1 aliphatic rings. The van der Waals surface area contributed by atoms with Gasteiger partial charge < -0.3 is 5.32 Å². The third-order valence-electron chi connectivity index (χ3n) is 5.48. The molecule has 1 aromatic heterocycles. The van der Waals surface area contributed by atoms with Gasteiger partial charge in [-0.25, -0.2) is 4.98 Å². The van der Waals surface area contributed by atoms with Crippen molar-refractivity contribution in [3.05, 3.63) is 34.6 Å². The molecule has 1 amide bonds. The number of rotatable bonds is 5. The van der Waals surface area contributed by atoms with Gasteiger partial charge >= 0.3 is 0 Å². The van der Waals surface area contributed by atoms with E-state index in [1.165, 1.54) is 13.3 Å². The third kappa shape index (κ3) is 3.95. The van der Waals surface area contributed by atoms with E-state index in [0.29, 0.717) is 29.5 Å². The van der Waals surface area contributed by atoms with Crippen molar-refractivity contribution >= 4 is 28.6 Å². The lowest BCUT2D eigenvalue weighted by molar-refractivity contribution is -0.118. The molecule has 3 atom stereocenters. The molecule has 0 aliphatic heterocycles. The molecular formula is C20H27N3O2S. The molecule has 1 aromatic carbocycles. The van der Waals surface area contributed by atoms with E-state index in [9.17, 15) is 9.59 Å². The minimum absolute atomic E-state index is 0.0378. The molecule has 0 spiro atoms. The number of carbonyl (C=O) groups excluding carboxylic acids is 1. The first-order valence-electron chi connectivity index (χ1n) is 9.37. The highest BCUT2D eigenvalue weighted by Gasteiger charge is 2.31. The van der Waals surface area contributed by atoms with E-state index in [4.69, 9.17) is 4.98 Å². The van der Waals surface area contributed by atoms with E-state index in [2.05, 4.69) is 19.2 Å². The summed E-state index contributed by atoms with van der Waals surface area (Å²) < 4.78 is 1.93. The van der Waals surface area contributed by atoms with Gasteiger partial charge in [0.05, 0.1) is 10.9 Å². The molecule has 0 saturated heterocycles. The van der Waals surface area contributed by atoms with Gasteiger partial charge in [-0.05, 0) is 30.4 Å². The zero-order valence-electron chi connectivity index (χ0n) is 15.7. The quantitative estimate of drug-likeness (QED) is 0.494. The number of fused-ring (bicyclic) bond motifs is 1. The summed E-state index contributed by atoms with van der Waals surface area (Å²) >= 11 is 1.55. The molecule has 1 fully saturated rings. The average Bonchev–Trinajstić information content (AvgIpc) is 2.62. The van der Waals surface area contributed by atoms with Crippen LogP contribution in [0.5, 0.6) is 0 Å². The SMILES string of the molecule is CC(=O)NCCSc1nc2ccccc2c(=O)n1[C@H]1CCC[C@H](C)[C@H]1C. The summed E-state index contributed by atoms with van der Waals surface area (Å²) in [4.78, 5) is 29.2. The summed E-state index contributed by atoms with van der Waals surface area (Å²) in [7, 11) is 0. The van der Waals surface area contributed by atoms with Crippen molar-refractivity contribution in [1.82, 2.24) is 14.9 Å². The number of nitrogens with zero attached hydrogens (tertiary/aromatic N) is 2. The van der Waals surface area contributed by atoms with E-state index in [-0.39, 0.29) is 17.5 Å². The number of para-hydroxylation sites is 1. The number of carbonyl (C=O) groups is 1. The predicted octanol–water partition coefficient (Wildman–Crippen LogP) is 3.62. The van der Waals surface area contributed by atoms with Crippen molar-refractivity contribution in [1.29, 1.82) is 0 Å². The second kappa shape index (κ2) is 8.25. The largest absolute Gasteiger partial charge is 0.356 e. The van der Waals surface area contributed by atoms with Crippen molar-refractivity contribution in [2.75, 3.05) is 12.3 Å². The molecule has 1 saturated carbocycles. The number of amides is 1. The van der Waals surface area contributed by atoms with Crippen LogP contribution in [0.15, 0.2) is 34.2 Å². The topological polar surface area (TPSA) is 64.0 Å². The molecule has 1 aliphatic carbocycles. The smallest absolute Gasteiger partial charge is 0.262 e. The number of nitrogens with one attached hydrogen (secondary N) is 1. The van der Waals surface area contributed by atoms with E-state index in [0.717, 1.165) is 23.5 Å². The maximum atomic E-state index is 13.3. The van der Waals surface area contributed by atoms with Crippen LogP contribution in [0, 0.1) is 11.8 Å². The highest BCUT2D eigenvalue weighted by Crippen LogP contribution is 2.38. The third-order valence-corrected chi connectivity index (χ3v) is 6.43. The van der Waals surface area contributed by atoms with Gasteiger partial charge in [-0.1, -0.05) is 50.6 Å². The highest BCUT2D eigenvalue weighted by atomic mass is 32.2. The molecule has 26 heavy (non-hydrogen) atoms. The summed E-state index contributed by atoms with van der Waals surface area (Å²) in [5, 5.41) is 4.26. The normalized spacial score (nSPS) is 23.1. The number of hydrogen-bond donors (Lipinski definition) is 1. The summed E-state index contributed by atoms with van der Waals surface area (Å²) in [6.07, 6.45) is 3.38. The second-order valence-electron chi connectivity index (χ2n) is 7.25. The van der Waals surface area contributed by atoms with E-state index in [1.54, 1.807) is 11.8 Å². The first-order chi connectivity index (χ1) is 12.5. The van der Waals surface area contributed by atoms with Crippen molar-refractivity contribution in [2.45, 2.75) is 51.2 Å².